The lowest BCUT2D eigenvalue weighted by Gasteiger charge is -2.26. The van der Waals surface area contributed by atoms with Crippen LogP contribution in [0.1, 0.15) is 31.9 Å². The summed E-state index contributed by atoms with van der Waals surface area (Å²) in [7, 11) is 5.72. The highest BCUT2D eigenvalue weighted by Gasteiger charge is 2.15. The van der Waals surface area contributed by atoms with Crippen molar-refractivity contribution in [1.82, 2.24) is 15.5 Å². The van der Waals surface area contributed by atoms with Crippen LogP contribution in [0.15, 0.2) is 29.3 Å². The second-order valence-electron chi connectivity index (χ2n) is 6.74. The van der Waals surface area contributed by atoms with Gasteiger partial charge in [0.05, 0.1) is 6.04 Å². The molecule has 1 aromatic rings. The number of guanidine groups is 1. The molecule has 0 saturated carbocycles. The third-order valence-corrected chi connectivity index (χ3v) is 3.75. The van der Waals surface area contributed by atoms with E-state index in [-0.39, 0.29) is 35.8 Å². The van der Waals surface area contributed by atoms with Crippen molar-refractivity contribution in [1.29, 1.82) is 0 Å². The first-order chi connectivity index (χ1) is 11.9. The smallest absolute Gasteiger partial charge is 0.191 e. The van der Waals surface area contributed by atoms with E-state index in [4.69, 9.17) is 4.74 Å². The van der Waals surface area contributed by atoms with Crippen molar-refractivity contribution in [3.63, 3.8) is 0 Å². The molecule has 0 aliphatic heterocycles. The largest absolute Gasteiger partial charge is 0.381 e. The first-order valence-corrected chi connectivity index (χ1v) is 8.88. The maximum Gasteiger partial charge on any atom is 0.191 e. The molecule has 0 spiro atoms. The van der Waals surface area contributed by atoms with Crippen LogP contribution in [0.25, 0.3) is 0 Å². The highest BCUT2D eigenvalue weighted by molar-refractivity contribution is 14.0. The fraction of sp³-hybridized carbons (Fsp3) is 0.632. The zero-order valence-electron chi connectivity index (χ0n) is 16.6. The van der Waals surface area contributed by atoms with E-state index in [2.05, 4.69) is 34.4 Å². The van der Waals surface area contributed by atoms with E-state index in [1.165, 1.54) is 6.07 Å². The van der Waals surface area contributed by atoms with Crippen molar-refractivity contribution >= 4 is 29.9 Å². The van der Waals surface area contributed by atoms with E-state index < -0.39 is 0 Å². The van der Waals surface area contributed by atoms with E-state index in [0.717, 1.165) is 37.7 Å². The minimum absolute atomic E-state index is 0. The van der Waals surface area contributed by atoms with Crippen molar-refractivity contribution in [2.45, 2.75) is 26.3 Å². The summed E-state index contributed by atoms with van der Waals surface area (Å²) >= 11 is 0. The Morgan fingerprint density at radius 1 is 1.27 bits per heavy atom. The second-order valence-corrected chi connectivity index (χ2v) is 6.74. The Labute approximate surface area is 174 Å². The van der Waals surface area contributed by atoms with E-state index >= 15 is 0 Å². The summed E-state index contributed by atoms with van der Waals surface area (Å²) in [5.41, 5.74) is 0.940. The number of nitrogens with zero attached hydrogens (tertiary/aromatic N) is 2. The number of hydrogen-bond acceptors (Lipinski definition) is 3. The van der Waals surface area contributed by atoms with Gasteiger partial charge in [0, 0.05) is 33.4 Å². The molecule has 0 bridgehead atoms. The van der Waals surface area contributed by atoms with Crippen LogP contribution in [0.5, 0.6) is 0 Å². The Kier molecular flexibility index (Phi) is 13.7. The number of ether oxygens (including phenoxy) is 1. The van der Waals surface area contributed by atoms with Gasteiger partial charge in [-0.05, 0) is 44.1 Å². The van der Waals surface area contributed by atoms with Crippen LogP contribution >= 0.6 is 24.0 Å². The van der Waals surface area contributed by atoms with Crippen LogP contribution in [-0.4, -0.2) is 58.3 Å². The topological polar surface area (TPSA) is 48.9 Å². The molecule has 2 N–H and O–H groups in total. The number of rotatable bonds is 10. The average molecular weight is 480 g/mol. The number of likely N-dealkylation sites (N-methyl/N-ethyl adjacent to an activating group) is 1. The third kappa shape index (κ3) is 10.3. The fourth-order valence-electron chi connectivity index (χ4n) is 2.43. The summed E-state index contributed by atoms with van der Waals surface area (Å²) in [6, 6.07) is 6.78. The Morgan fingerprint density at radius 2 is 2.00 bits per heavy atom. The summed E-state index contributed by atoms with van der Waals surface area (Å²) in [6.07, 6.45) is 0.925. The molecule has 5 nitrogen and oxygen atoms in total. The average Bonchev–Trinajstić information content (AvgIpc) is 2.55. The SMILES string of the molecule is CN=C(NCCCOCC(C)C)NCC(c1cccc(F)c1)N(C)C.I. The summed E-state index contributed by atoms with van der Waals surface area (Å²) in [5, 5.41) is 6.59. The molecule has 0 amide bonds. The third-order valence-electron chi connectivity index (χ3n) is 3.75. The highest BCUT2D eigenvalue weighted by atomic mass is 127. The Bertz CT molecular complexity index is 526. The van der Waals surface area contributed by atoms with E-state index in [1.54, 1.807) is 19.2 Å². The lowest BCUT2D eigenvalue weighted by molar-refractivity contribution is 0.108. The molecule has 1 unspecified atom stereocenters. The van der Waals surface area contributed by atoms with Crippen LogP contribution in [0.2, 0.25) is 0 Å². The zero-order chi connectivity index (χ0) is 18.7. The van der Waals surface area contributed by atoms with Gasteiger partial charge in [0.25, 0.3) is 0 Å². The fourth-order valence-corrected chi connectivity index (χ4v) is 2.43. The lowest BCUT2D eigenvalue weighted by Crippen LogP contribution is -2.42. The molecule has 1 rings (SSSR count). The summed E-state index contributed by atoms with van der Waals surface area (Å²) < 4.78 is 19.1. The number of benzene rings is 1. The molecule has 0 aliphatic rings. The van der Waals surface area contributed by atoms with Crippen LogP contribution in [0.3, 0.4) is 0 Å². The highest BCUT2D eigenvalue weighted by Crippen LogP contribution is 2.18. The first kappa shape index (κ1) is 25.1. The molecule has 0 fully saturated rings. The van der Waals surface area contributed by atoms with Crippen molar-refractivity contribution < 1.29 is 9.13 Å². The Balaban J connectivity index is 0.00000625. The van der Waals surface area contributed by atoms with Gasteiger partial charge in [0.1, 0.15) is 5.82 Å². The molecule has 150 valence electrons. The normalized spacial score (nSPS) is 12.8. The molecule has 0 saturated heterocycles. The van der Waals surface area contributed by atoms with Gasteiger partial charge in [0.2, 0.25) is 0 Å². The van der Waals surface area contributed by atoms with Crippen molar-refractivity contribution in [2.24, 2.45) is 10.9 Å². The molecule has 0 aliphatic carbocycles. The van der Waals surface area contributed by atoms with Crippen LogP contribution in [0.4, 0.5) is 4.39 Å². The van der Waals surface area contributed by atoms with E-state index in [1.807, 2.05) is 20.2 Å². The van der Waals surface area contributed by atoms with Gasteiger partial charge >= 0.3 is 0 Å². The van der Waals surface area contributed by atoms with Crippen LogP contribution in [-0.2, 0) is 4.74 Å². The molecule has 0 heterocycles. The lowest BCUT2D eigenvalue weighted by atomic mass is 10.1. The molecule has 26 heavy (non-hydrogen) atoms. The minimum Gasteiger partial charge on any atom is -0.381 e. The van der Waals surface area contributed by atoms with Gasteiger partial charge < -0.3 is 20.3 Å². The molecular formula is C19H34FIN4O. The quantitative estimate of drug-likeness (QED) is 0.234. The minimum atomic E-state index is -0.215. The van der Waals surface area contributed by atoms with Gasteiger partial charge in [-0.2, -0.15) is 0 Å². The standard InChI is InChI=1S/C19H33FN4O.HI/c1-15(2)14-25-11-7-10-22-19(21-3)23-13-18(24(4)5)16-8-6-9-17(20)12-16;/h6,8-9,12,15,18H,7,10-11,13-14H2,1-5H3,(H2,21,22,23);1H. The predicted molar refractivity (Wildman–Crippen MR) is 118 cm³/mol. The monoisotopic (exact) mass is 480 g/mol. The number of nitrogens with one attached hydrogen (secondary N) is 2. The number of halogens is 2. The Hall–Kier alpha value is -0.930. The summed E-state index contributed by atoms with van der Waals surface area (Å²) in [6.45, 7) is 7.26. The van der Waals surface area contributed by atoms with Gasteiger partial charge in [-0.25, -0.2) is 4.39 Å². The molecule has 0 aromatic heterocycles. The summed E-state index contributed by atoms with van der Waals surface area (Å²) in [4.78, 5) is 6.30. The molecule has 1 atom stereocenters. The van der Waals surface area contributed by atoms with Gasteiger partial charge in [0.15, 0.2) is 5.96 Å². The second kappa shape index (κ2) is 14.2. The van der Waals surface area contributed by atoms with Crippen LogP contribution in [0, 0.1) is 11.7 Å². The van der Waals surface area contributed by atoms with Gasteiger partial charge in [-0.15, -0.1) is 24.0 Å². The van der Waals surface area contributed by atoms with Crippen molar-refractivity contribution in [3.05, 3.63) is 35.6 Å². The maximum atomic E-state index is 13.5. The van der Waals surface area contributed by atoms with Crippen LogP contribution < -0.4 is 10.6 Å². The summed E-state index contributed by atoms with van der Waals surface area (Å²) in [5.74, 6) is 1.09. The number of aliphatic imine (C=N–C) groups is 1. The van der Waals surface area contributed by atoms with Crippen molar-refractivity contribution in [3.8, 4) is 0 Å². The van der Waals surface area contributed by atoms with E-state index in [0.29, 0.717) is 12.5 Å². The predicted octanol–water partition coefficient (Wildman–Crippen LogP) is 3.27. The molecular weight excluding hydrogens is 446 g/mol. The molecule has 0 radical (unpaired) electrons. The zero-order valence-corrected chi connectivity index (χ0v) is 18.9. The van der Waals surface area contributed by atoms with Gasteiger partial charge in [-0.1, -0.05) is 26.0 Å². The molecule has 1 aromatic carbocycles. The van der Waals surface area contributed by atoms with Crippen molar-refractivity contribution in [2.75, 3.05) is 47.4 Å². The maximum absolute atomic E-state index is 13.5. The first-order valence-electron chi connectivity index (χ1n) is 8.88. The Morgan fingerprint density at radius 3 is 2.58 bits per heavy atom. The molecule has 7 heteroatoms. The number of hydrogen-bond donors (Lipinski definition) is 2. The van der Waals surface area contributed by atoms with E-state index in [9.17, 15) is 4.39 Å². The van der Waals surface area contributed by atoms with Gasteiger partial charge in [-0.3, -0.25) is 4.99 Å².